The summed E-state index contributed by atoms with van der Waals surface area (Å²) >= 11 is 1.48. The maximum atomic E-state index is 12.2. The molecule has 4 N–H and O–H groups in total. The Hall–Kier alpha value is -2.35. The first-order valence-corrected chi connectivity index (χ1v) is 10.9. The molecule has 1 aliphatic rings. The number of thioether (sulfide) groups is 1. The number of nitrogen functional groups attached to an aromatic ring is 1. The van der Waals surface area contributed by atoms with Crippen molar-refractivity contribution in [2.24, 2.45) is 5.92 Å². The molecule has 1 aliphatic carbocycles. The molecule has 2 atom stereocenters. The van der Waals surface area contributed by atoms with Gasteiger partial charge in [-0.25, -0.2) is 0 Å². The Labute approximate surface area is 170 Å². The summed E-state index contributed by atoms with van der Waals surface area (Å²) in [5.41, 5.74) is 7.84. The molecular weight excluding hydrogens is 372 g/mol. The van der Waals surface area contributed by atoms with Crippen molar-refractivity contribution >= 4 is 35.3 Å². The molecule has 7 nitrogen and oxygen atoms in total. The Bertz CT molecular complexity index is 815. The van der Waals surface area contributed by atoms with E-state index in [0.29, 0.717) is 35.2 Å². The van der Waals surface area contributed by atoms with Gasteiger partial charge in [-0.3, -0.25) is 4.79 Å². The fourth-order valence-corrected chi connectivity index (χ4v) is 4.09. The van der Waals surface area contributed by atoms with E-state index in [2.05, 4.69) is 32.5 Å². The molecule has 1 aromatic carbocycles. The summed E-state index contributed by atoms with van der Waals surface area (Å²) in [6.45, 7) is 4.23. The van der Waals surface area contributed by atoms with Gasteiger partial charge in [-0.1, -0.05) is 38.0 Å². The third-order valence-corrected chi connectivity index (χ3v) is 5.94. The molecule has 0 aliphatic heterocycles. The third-order valence-electron chi connectivity index (χ3n) is 5.01. The van der Waals surface area contributed by atoms with Crippen LogP contribution < -0.4 is 16.4 Å². The molecule has 28 heavy (non-hydrogen) atoms. The van der Waals surface area contributed by atoms with Gasteiger partial charge in [0, 0.05) is 11.7 Å². The maximum Gasteiger partial charge on any atom is 0.232 e. The van der Waals surface area contributed by atoms with Crippen LogP contribution in [0.3, 0.4) is 0 Å². The lowest BCUT2D eigenvalue weighted by Gasteiger charge is -2.29. The number of benzene rings is 1. The zero-order valence-corrected chi connectivity index (χ0v) is 17.3. The highest BCUT2D eigenvalue weighted by molar-refractivity contribution is 7.99. The molecule has 0 radical (unpaired) electrons. The number of para-hydroxylation sites is 1. The third kappa shape index (κ3) is 5.82. The summed E-state index contributed by atoms with van der Waals surface area (Å²) in [7, 11) is 0. The van der Waals surface area contributed by atoms with Crippen molar-refractivity contribution in [3.05, 3.63) is 35.7 Å². The average molecular weight is 401 g/mol. The predicted molar refractivity (Wildman–Crippen MR) is 114 cm³/mol. The first kappa shape index (κ1) is 20.4. The van der Waals surface area contributed by atoms with Crippen molar-refractivity contribution in [2.45, 2.75) is 51.3 Å². The van der Waals surface area contributed by atoms with Gasteiger partial charge in [0.2, 0.25) is 17.8 Å². The van der Waals surface area contributed by atoms with E-state index in [0.717, 1.165) is 17.7 Å². The Morgan fingerprint density at radius 2 is 2.00 bits per heavy atom. The standard InChI is InChI=1S/C20H28N6OS/c1-13-7-3-5-9-15(13)22-18(27)12-28-11-17-24-19(21)26-20(25-17)23-16-10-6-4-8-14(16)2/h4,6,8,10,13,15H,3,5,7,9,11-12H2,1-2H3,(H,22,27)(H3,21,23,24,25,26)/t13-,15-/m0/s1. The van der Waals surface area contributed by atoms with Crippen molar-refractivity contribution in [1.29, 1.82) is 0 Å². The quantitative estimate of drug-likeness (QED) is 0.654. The van der Waals surface area contributed by atoms with Crippen LogP contribution in [0.2, 0.25) is 0 Å². The second-order valence-electron chi connectivity index (χ2n) is 7.30. The van der Waals surface area contributed by atoms with Gasteiger partial charge in [-0.15, -0.1) is 11.8 Å². The highest BCUT2D eigenvalue weighted by Gasteiger charge is 2.22. The highest BCUT2D eigenvalue weighted by atomic mass is 32.2. The zero-order valence-electron chi connectivity index (χ0n) is 16.4. The molecule has 1 heterocycles. The fourth-order valence-electron chi connectivity index (χ4n) is 3.41. The lowest BCUT2D eigenvalue weighted by molar-refractivity contribution is -0.119. The molecule has 150 valence electrons. The van der Waals surface area contributed by atoms with Crippen LogP contribution in [0.4, 0.5) is 17.6 Å². The largest absolute Gasteiger partial charge is 0.368 e. The molecule has 0 unspecified atom stereocenters. The summed E-state index contributed by atoms with van der Waals surface area (Å²) < 4.78 is 0. The number of carbonyl (C=O) groups excluding carboxylic acids is 1. The van der Waals surface area contributed by atoms with Crippen LogP contribution in [-0.2, 0) is 10.5 Å². The average Bonchev–Trinajstić information content (AvgIpc) is 2.65. The number of hydrogen-bond acceptors (Lipinski definition) is 7. The minimum Gasteiger partial charge on any atom is -0.368 e. The van der Waals surface area contributed by atoms with Crippen LogP contribution in [0, 0.1) is 12.8 Å². The topological polar surface area (TPSA) is 106 Å². The minimum atomic E-state index is 0.0732. The number of amides is 1. The lowest BCUT2D eigenvalue weighted by Crippen LogP contribution is -2.41. The minimum absolute atomic E-state index is 0.0732. The number of aryl methyl sites for hydroxylation is 1. The molecule has 0 saturated heterocycles. The summed E-state index contributed by atoms with van der Waals surface area (Å²) in [6, 6.07) is 8.20. The van der Waals surface area contributed by atoms with Gasteiger partial charge < -0.3 is 16.4 Å². The summed E-state index contributed by atoms with van der Waals surface area (Å²) in [5.74, 6) is 2.66. The van der Waals surface area contributed by atoms with E-state index in [1.54, 1.807) is 0 Å². The number of nitrogens with zero attached hydrogens (tertiary/aromatic N) is 3. The van der Waals surface area contributed by atoms with Crippen molar-refractivity contribution in [3.8, 4) is 0 Å². The van der Waals surface area contributed by atoms with Crippen LogP contribution in [0.1, 0.15) is 44.0 Å². The second kappa shape index (κ2) is 9.73. The van der Waals surface area contributed by atoms with Crippen molar-refractivity contribution in [1.82, 2.24) is 20.3 Å². The van der Waals surface area contributed by atoms with E-state index < -0.39 is 0 Å². The number of nitrogens with two attached hydrogens (primary N) is 1. The van der Waals surface area contributed by atoms with Crippen LogP contribution in [-0.4, -0.2) is 32.7 Å². The molecule has 1 aromatic heterocycles. The van der Waals surface area contributed by atoms with Crippen molar-refractivity contribution < 1.29 is 4.79 Å². The van der Waals surface area contributed by atoms with Gasteiger partial charge in [0.1, 0.15) is 5.82 Å². The molecular formula is C20H28N6OS. The highest BCUT2D eigenvalue weighted by Crippen LogP contribution is 2.24. The summed E-state index contributed by atoms with van der Waals surface area (Å²) in [5, 5.41) is 6.35. The van der Waals surface area contributed by atoms with Gasteiger partial charge in [-0.2, -0.15) is 15.0 Å². The van der Waals surface area contributed by atoms with Crippen molar-refractivity contribution in [3.63, 3.8) is 0 Å². The normalized spacial score (nSPS) is 19.2. The summed E-state index contributed by atoms with van der Waals surface area (Å²) in [4.78, 5) is 25.0. The van der Waals surface area contributed by atoms with Gasteiger partial charge in [0.25, 0.3) is 0 Å². The van der Waals surface area contributed by atoms with E-state index in [4.69, 9.17) is 5.73 Å². The van der Waals surface area contributed by atoms with Crippen molar-refractivity contribution in [2.75, 3.05) is 16.8 Å². The molecule has 1 amide bonds. The summed E-state index contributed by atoms with van der Waals surface area (Å²) in [6.07, 6.45) is 4.74. The molecule has 0 bridgehead atoms. The molecule has 3 rings (SSSR count). The van der Waals surface area contributed by atoms with Crippen LogP contribution in [0.25, 0.3) is 0 Å². The molecule has 1 saturated carbocycles. The number of aromatic nitrogens is 3. The first-order valence-electron chi connectivity index (χ1n) is 9.71. The number of rotatable bonds is 7. The van der Waals surface area contributed by atoms with E-state index in [1.807, 2.05) is 31.2 Å². The van der Waals surface area contributed by atoms with E-state index in [1.165, 1.54) is 31.0 Å². The van der Waals surface area contributed by atoms with Gasteiger partial charge >= 0.3 is 0 Å². The number of nitrogens with one attached hydrogen (secondary N) is 2. The van der Waals surface area contributed by atoms with Gasteiger partial charge in [0.05, 0.1) is 11.5 Å². The predicted octanol–water partition coefficient (Wildman–Crippen LogP) is 3.43. The molecule has 8 heteroatoms. The Morgan fingerprint density at radius 3 is 2.79 bits per heavy atom. The fraction of sp³-hybridized carbons (Fsp3) is 0.500. The van der Waals surface area contributed by atoms with Crippen LogP contribution in [0.5, 0.6) is 0 Å². The molecule has 1 fully saturated rings. The van der Waals surface area contributed by atoms with E-state index >= 15 is 0 Å². The SMILES string of the molecule is Cc1ccccc1Nc1nc(N)nc(CSCC(=O)N[C@H]2CCCC[C@@H]2C)n1. The van der Waals surface area contributed by atoms with Crippen LogP contribution >= 0.6 is 11.8 Å². The maximum absolute atomic E-state index is 12.2. The van der Waals surface area contributed by atoms with Crippen LogP contribution in [0.15, 0.2) is 24.3 Å². The van der Waals surface area contributed by atoms with E-state index in [-0.39, 0.29) is 11.9 Å². The smallest absolute Gasteiger partial charge is 0.232 e. The zero-order chi connectivity index (χ0) is 19.9. The van der Waals surface area contributed by atoms with Gasteiger partial charge in [0.15, 0.2) is 0 Å². The van der Waals surface area contributed by atoms with E-state index in [9.17, 15) is 4.79 Å². The number of anilines is 3. The number of carbonyl (C=O) groups is 1. The second-order valence-corrected chi connectivity index (χ2v) is 8.29. The first-order chi connectivity index (χ1) is 13.5. The monoisotopic (exact) mass is 400 g/mol. The Kier molecular flexibility index (Phi) is 7.08. The number of hydrogen-bond donors (Lipinski definition) is 3. The Morgan fingerprint density at radius 1 is 1.21 bits per heavy atom. The molecule has 2 aromatic rings. The van der Waals surface area contributed by atoms with Gasteiger partial charge in [-0.05, 0) is 37.3 Å². The molecule has 0 spiro atoms. The lowest BCUT2D eigenvalue weighted by atomic mass is 9.86. The Balaban J connectivity index is 1.52.